The van der Waals surface area contributed by atoms with Crippen LogP contribution in [-0.4, -0.2) is 26.8 Å². The van der Waals surface area contributed by atoms with Crippen molar-refractivity contribution in [2.75, 3.05) is 5.32 Å². The lowest BCUT2D eigenvalue weighted by atomic mass is 10.1. The molecule has 3 N–H and O–H groups in total. The number of carbonyl (C=O) groups excluding carboxylic acids is 2. The molecule has 0 bridgehead atoms. The van der Waals surface area contributed by atoms with Crippen LogP contribution in [0.15, 0.2) is 66.0 Å². The summed E-state index contributed by atoms with van der Waals surface area (Å²) in [5, 5.41) is 22.4. The highest BCUT2D eigenvalue weighted by molar-refractivity contribution is 7.12. The van der Waals surface area contributed by atoms with Crippen LogP contribution in [0.1, 0.15) is 39.7 Å². The Morgan fingerprint density at radius 1 is 1.12 bits per heavy atom. The maximum Gasteiger partial charge on any atom is 0.342 e. The minimum absolute atomic E-state index is 0.0127. The summed E-state index contributed by atoms with van der Waals surface area (Å²) in [6, 6.07) is 15.6. The minimum Gasteiger partial charge on any atom is -0.507 e. The van der Waals surface area contributed by atoms with E-state index in [0.29, 0.717) is 27.4 Å². The highest BCUT2D eigenvalue weighted by atomic mass is 32.1. The first-order valence-corrected chi connectivity index (χ1v) is 11.7. The summed E-state index contributed by atoms with van der Waals surface area (Å²) in [6.07, 6.45) is 1.90. The molecule has 34 heavy (non-hydrogen) atoms. The van der Waals surface area contributed by atoms with E-state index in [1.165, 1.54) is 34.2 Å². The molecule has 2 aromatic carbocycles. The van der Waals surface area contributed by atoms with Gasteiger partial charge in [-0.3, -0.25) is 4.79 Å². The lowest BCUT2D eigenvalue weighted by molar-refractivity contribution is 0.103. The number of aromatic nitrogens is 2. The number of carbonyl (C=O) groups is 2. The van der Waals surface area contributed by atoms with Gasteiger partial charge < -0.3 is 15.7 Å². The van der Waals surface area contributed by atoms with Crippen molar-refractivity contribution < 1.29 is 19.1 Å². The molecule has 0 saturated heterocycles. The zero-order valence-corrected chi connectivity index (χ0v) is 18.8. The second kappa shape index (κ2) is 9.11. The number of hydrogen-bond acceptors (Lipinski definition) is 5. The number of thiophene rings is 1. The summed E-state index contributed by atoms with van der Waals surface area (Å²) >= 11 is 1.33. The molecule has 1 aliphatic rings. The van der Waals surface area contributed by atoms with Crippen molar-refractivity contribution in [1.29, 1.82) is 0 Å². The summed E-state index contributed by atoms with van der Waals surface area (Å²) in [5.41, 5.74) is 2.72. The van der Waals surface area contributed by atoms with Crippen molar-refractivity contribution in [3.63, 3.8) is 0 Å². The minimum atomic E-state index is -0.431. The number of nitrogens with zero attached hydrogens (tertiary/aromatic N) is 2. The standard InChI is InChI=1S/C25H21FN4O3S/c26-17-4-1-3-15(11-17)14-27-25(33)30-21(16-6-7-16)13-20(29-30)19-12-18(8-9-22(19)31)28-24(32)23-5-2-10-34-23/h1-5,8-13,16,31H,6-7,14H2,(H,27,33)(H,28,32). The summed E-state index contributed by atoms with van der Waals surface area (Å²) < 4.78 is 14.7. The summed E-state index contributed by atoms with van der Waals surface area (Å²) in [6.45, 7) is 0.158. The van der Waals surface area contributed by atoms with E-state index in [9.17, 15) is 19.1 Å². The first-order chi connectivity index (χ1) is 16.5. The van der Waals surface area contributed by atoms with Crippen LogP contribution in [0.4, 0.5) is 14.9 Å². The molecule has 0 radical (unpaired) electrons. The van der Waals surface area contributed by atoms with Crippen LogP contribution in [-0.2, 0) is 6.54 Å². The monoisotopic (exact) mass is 476 g/mol. The normalized spacial score (nSPS) is 13.0. The van der Waals surface area contributed by atoms with Crippen LogP contribution in [0.5, 0.6) is 5.75 Å². The third kappa shape index (κ3) is 4.69. The Hall–Kier alpha value is -3.98. The summed E-state index contributed by atoms with van der Waals surface area (Å²) in [4.78, 5) is 25.9. The second-order valence-electron chi connectivity index (χ2n) is 8.09. The van der Waals surface area contributed by atoms with Crippen LogP contribution in [0.25, 0.3) is 11.3 Å². The molecule has 1 fully saturated rings. The molecule has 0 spiro atoms. The molecule has 2 amide bonds. The Labute approximate surface area is 198 Å². The molecule has 1 saturated carbocycles. The van der Waals surface area contributed by atoms with Gasteiger partial charge in [0.1, 0.15) is 11.6 Å². The third-order valence-corrected chi connectivity index (χ3v) is 6.40. The van der Waals surface area contributed by atoms with Crippen LogP contribution < -0.4 is 10.6 Å². The molecule has 2 heterocycles. The predicted octanol–water partition coefficient (Wildman–Crippen LogP) is 5.34. The van der Waals surface area contributed by atoms with E-state index in [1.54, 1.807) is 42.5 Å². The zero-order valence-electron chi connectivity index (χ0n) is 18.0. The van der Waals surface area contributed by atoms with Gasteiger partial charge in [-0.15, -0.1) is 11.3 Å². The Morgan fingerprint density at radius 2 is 1.97 bits per heavy atom. The van der Waals surface area contributed by atoms with E-state index in [1.807, 2.05) is 5.38 Å². The van der Waals surface area contributed by atoms with E-state index in [0.717, 1.165) is 18.5 Å². The molecule has 172 valence electrons. The average Bonchev–Trinajstić information content (AvgIpc) is 3.33. The maximum absolute atomic E-state index is 13.4. The molecule has 4 aromatic rings. The molecule has 1 aliphatic carbocycles. The van der Waals surface area contributed by atoms with E-state index < -0.39 is 6.03 Å². The van der Waals surface area contributed by atoms with Crippen molar-refractivity contribution in [2.24, 2.45) is 0 Å². The Balaban J connectivity index is 1.39. The topological polar surface area (TPSA) is 96.2 Å². The average molecular weight is 477 g/mol. The van der Waals surface area contributed by atoms with Crippen LogP contribution in [0.2, 0.25) is 0 Å². The van der Waals surface area contributed by atoms with Crippen molar-refractivity contribution >= 4 is 29.0 Å². The molecule has 0 aliphatic heterocycles. The first-order valence-electron chi connectivity index (χ1n) is 10.8. The quantitative estimate of drug-likeness (QED) is 0.327. The van der Waals surface area contributed by atoms with Gasteiger partial charge in [0, 0.05) is 23.7 Å². The number of anilines is 1. The number of rotatable bonds is 6. The van der Waals surface area contributed by atoms with E-state index in [4.69, 9.17) is 0 Å². The maximum atomic E-state index is 13.4. The zero-order chi connectivity index (χ0) is 23.7. The van der Waals surface area contributed by atoms with E-state index in [-0.39, 0.29) is 29.9 Å². The first kappa shape index (κ1) is 21.8. The van der Waals surface area contributed by atoms with Crippen LogP contribution in [0, 0.1) is 5.82 Å². The Kier molecular flexibility index (Phi) is 5.85. The van der Waals surface area contributed by atoms with Crippen LogP contribution >= 0.6 is 11.3 Å². The fourth-order valence-electron chi connectivity index (χ4n) is 3.68. The number of phenolic OH excluding ortho intramolecular Hbond substituents is 1. The van der Waals surface area contributed by atoms with Crippen molar-refractivity contribution in [1.82, 2.24) is 15.1 Å². The number of halogens is 1. The third-order valence-electron chi connectivity index (χ3n) is 5.53. The van der Waals surface area contributed by atoms with Gasteiger partial charge >= 0.3 is 6.03 Å². The van der Waals surface area contributed by atoms with Gasteiger partial charge in [-0.05, 0) is 66.2 Å². The molecule has 0 atom stereocenters. The number of amides is 2. The van der Waals surface area contributed by atoms with Gasteiger partial charge in [0.15, 0.2) is 0 Å². The van der Waals surface area contributed by atoms with Crippen molar-refractivity contribution in [3.8, 4) is 17.0 Å². The van der Waals surface area contributed by atoms with Crippen LogP contribution in [0.3, 0.4) is 0 Å². The molecule has 2 aromatic heterocycles. The van der Waals surface area contributed by atoms with Gasteiger partial charge in [0.05, 0.1) is 16.3 Å². The highest BCUT2D eigenvalue weighted by Gasteiger charge is 2.30. The van der Waals surface area contributed by atoms with Gasteiger partial charge in [0.2, 0.25) is 0 Å². The van der Waals surface area contributed by atoms with E-state index in [2.05, 4.69) is 15.7 Å². The SMILES string of the molecule is O=C(Nc1ccc(O)c(-c2cc(C3CC3)n(C(=O)NCc3cccc(F)c3)n2)c1)c1cccs1. The van der Waals surface area contributed by atoms with Gasteiger partial charge in [-0.25, -0.2) is 9.18 Å². The molecule has 5 rings (SSSR count). The summed E-state index contributed by atoms with van der Waals surface area (Å²) in [7, 11) is 0. The van der Waals surface area contributed by atoms with Gasteiger partial charge in [0.25, 0.3) is 5.91 Å². The van der Waals surface area contributed by atoms with Gasteiger partial charge in [-0.1, -0.05) is 18.2 Å². The lowest BCUT2D eigenvalue weighted by Crippen LogP contribution is -2.30. The Bertz CT molecular complexity index is 1360. The van der Waals surface area contributed by atoms with Crippen molar-refractivity contribution in [3.05, 3.63) is 88.0 Å². The predicted molar refractivity (Wildman–Crippen MR) is 128 cm³/mol. The number of hydrogen-bond donors (Lipinski definition) is 3. The molecule has 9 heteroatoms. The second-order valence-corrected chi connectivity index (χ2v) is 9.04. The molecular formula is C25H21FN4O3S. The fraction of sp³-hybridized carbons (Fsp3) is 0.160. The highest BCUT2D eigenvalue weighted by Crippen LogP contribution is 2.42. The number of nitrogens with one attached hydrogen (secondary N) is 2. The molecule has 0 unspecified atom stereocenters. The van der Waals surface area contributed by atoms with E-state index >= 15 is 0 Å². The lowest BCUT2D eigenvalue weighted by Gasteiger charge is -2.08. The molecular weight excluding hydrogens is 455 g/mol. The largest absolute Gasteiger partial charge is 0.507 e. The molecule has 7 nitrogen and oxygen atoms in total. The smallest absolute Gasteiger partial charge is 0.342 e. The number of benzene rings is 2. The van der Waals surface area contributed by atoms with Gasteiger partial charge in [-0.2, -0.15) is 9.78 Å². The van der Waals surface area contributed by atoms with Crippen molar-refractivity contribution in [2.45, 2.75) is 25.3 Å². The number of aromatic hydroxyl groups is 1. The Morgan fingerprint density at radius 3 is 2.71 bits per heavy atom. The number of phenols is 1. The summed E-state index contributed by atoms with van der Waals surface area (Å²) in [5.74, 6) is -0.410. The fourth-order valence-corrected chi connectivity index (χ4v) is 4.30.